The summed E-state index contributed by atoms with van der Waals surface area (Å²) in [7, 11) is 0.537. The van der Waals surface area contributed by atoms with Crippen molar-refractivity contribution in [3.8, 4) is 0 Å². The Hall–Kier alpha value is -0.940. The first-order chi connectivity index (χ1) is 4.41. The number of carbonyl (C=O) groups is 1. The lowest BCUT2D eigenvalue weighted by Gasteiger charge is -2.20. The summed E-state index contributed by atoms with van der Waals surface area (Å²) in [6.45, 7) is -2.04. The third-order valence-corrected chi connectivity index (χ3v) is 0.925. The SMILES string of the molecule is CN(C([O])=O)C(F)(F)CF. The van der Waals surface area contributed by atoms with Gasteiger partial charge in [-0.15, -0.1) is 0 Å². The Kier molecular flexibility index (Phi) is 2.50. The van der Waals surface area contributed by atoms with E-state index in [0.29, 0.717) is 7.05 Å². The van der Waals surface area contributed by atoms with Gasteiger partial charge in [0.25, 0.3) is 0 Å². The zero-order valence-electron chi connectivity index (χ0n) is 5.10. The van der Waals surface area contributed by atoms with E-state index in [1.165, 1.54) is 0 Å². The van der Waals surface area contributed by atoms with Gasteiger partial charge in [-0.2, -0.15) is 8.78 Å². The highest BCUT2D eigenvalue weighted by molar-refractivity contribution is 5.64. The molecule has 0 aromatic carbocycles. The highest BCUT2D eigenvalue weighted by Gasteiger charge is 2.38. The summed E-state index contributed by atoms with van der Waals surface area (Å²) >= 11 is 0. The summed E-state index contributed by atoms with van der Waals surface area (Å²) in [5, 5.41) is 9.67. The maximum Gasteiger partial charge on any atom is 0.457 e. The quantitative estimate of drug-likeness (QED) is 0.550. The number of hydrogen-bond donors (Lipinski definition) is 0. The Morgan fingerprint density at radius 1 is 1.60 bits per heavy atom. The molecule has 0 aromatic rings. The van der Waals surface area contributed by atoms with E-state index in [1.54, 1.807) is 0 Å². The smallest absolute Gasteiger partial charge is 0.246 e. The second-order valence-electron chi connectivity index (χ2n) is 1.62. The summed E-state index contributed by atoms with van der Waals surface area (Å²) in [5.41, 5.74) is 0. The van der Waals surface area contributed by atoms with E-state index in [4.69, 9.17) is 0 Å². The lowest BCUT2D eigenvalue weighted by atomic mass is 10.5. The van der Waals surface area contributed by atoms with Gasteiger partial charge in [0.1, 0.15) is 0 Å². The minimum atomic E-state index is -3.97. The van der Waals surface area contributed by atoms with Crippen LogP contribution >= 0.6 is 0 Å². The average Bonchev–Trinajstić information content (AvgIpc) is 1.86. The van der Waals surface area contributed by atoms with Gasteiger partial charge in [0.05, 0.1) is 0 Å². The van der Waals surface area contributed by atoms with Crippen molar-refractivity contribution in [2.24, 2.45) is 0 Å². The van der Waals surface area contributed by atoms with Crippen LogP contribution in [0.1, 0.15) is 0 Å². The van der Waals surface area contributed by atoms with Gasteiger partial charge in [0.2, 0.25) is 0 Å². The first-order valence-electron chi connectivity index (χ1n) is 2.30. The number of hydrogen-bond acceptors (Lipinski definition) is 1. The molecule has 0 aliphatic heterocycles. The van der Waals surface area contributed by atoms with Crippen LogP contribution < -0.4 is 0 Å². The summed E-state index contributed by atoms with van der Waals surface area (Å²) in [6, 6.07) is -3.97. The van der Waals surface area contributed by atoms with Gasteiger partial charge >= 0.3 is 12.1 Å². The summed E-state index contributed by atoms with van der Waals surface area (Å²) in [6.07, 6.45) is -2.11. The molecule has 0 N–H and O–H groups in total. The van der Waals surface area contributed by atoms with Gasteiger partial charge in [-0.05, 0) is 0 Å². The standard InChI is InChI=1S/C4H5F3NO2/c1-8(3(9)10)4(6,7)2-5/h2H2,1H3. The van der Waals surface area contributed by atoms with Crippen LogP contribution in [-0.2, 0) is 5.11 Å². The maximum atomic E-state index is 11.9. The number of alkyl halides is 3. The van der Waals surface area contributed by atoms with Crippen LogP contribution in [0.25, 0.3) is 0 Å². The van der Waals surface area contributed by atoms with Crippen LogP contribution in [0.3, 0.4) is 0 Å². The molecule has 0 atom stereocenters. The molecule has 1 amide bonds. The summed E-state index contributed by atoms with van der Waals surface area (Å²) in [5.74, 6) is 0. The minimum absolute atomic E-state index is 0.493. The zero-order chi connectivity index (χ0) is 8.36. The van der Waals surface area contributed by atoms with E-state index in [0.717, 1.165) is 0 Å². The van der Waals surface area contributed by atoms with Gasteiger partial charge in [-0.25, -0.2) is 19.2 Å². The molecule has 0 heterocycles. The van der Waals surface area contributed by atoms with E-state index >= 15 is 0 Å². The summed E-state index contributed by atoms with van der Waals surface area (Å²) < 4.78 is 35.2. The Morgan fingerprint density at radius 3 is 2.10 bits per heavy atom. The molecule has 0 saturated heterocycles. The largest absolute Gasteiger partial charge is 0.457 e. The maximum absolute atomic E-state index is 11.9. The van der Waals surface area contributed by atoms with Gasteiger partial charge < -0.3 is 0 Å². The fourth-order valence-electron chi connectivity index (χ4n) is 0.223. The van der Waals surface area contributed by atoms with Crippen molar-refractivity contribution in [1.29, 1.82) is 0 Å². The van der Waals surface area contributed by atoms with Gasteiger partial charge in [-0.1, -0.05) is 0 Å². The number of carbonyl (C=O) groups excluding carboxylic acids is 1. The first-order valence-corrected chi connectivity index (χ1v) is 2.30. The topological polar surface area (TPSA) is 40.2 Å². The molecule has 0 aromatic heterocycles. The lowest BCUT2D eigenvalue weighted by molar-refractivity contribution is -0.133. The van der Waals surface area contributed by atoms with Crippen molar-refractivity contribution in [2.75, 3.05) is 13.7 Å². The third-order valence-electron chi connectivity index (χ3n) is 0.925. The van der Waals surface area contributed by atoms with Crippen molar-refractivity contribution in [3.63, 3.8) is 0 Å². The van der Waals surface area contributed by atoms with E-state index < -0.39 is 23.7 Å². The zero-order valence-corrected chi connectivity index (χ0v) is 5.10. The van der Waals surface area contributed by atoms with Gasteiger partial charge in [0.15, 0.2) is 6.67 Å². The molecule has 10 heavy (non-hydrogen) atoms. The molecule has 59 valence electrons. The summed E-state index contributed by atoms with van der Waals surface area (Å²) in [4.78, 5) is 9.18. The second kappa shape index (κ2) is 2.76. The second-order valence-corrected chi connectivity index (χ2v) is 1.62. The van der Waals surface area contributed by atoms with Crippen molar-refractivity contribution in [3.05, 3.63) is 0 Å². The molecule has 6 heteroatoms. The van der Waals surface area contributed by atoms with Gasteiger partial charge in [-0.3, -0.25) is 0 Å². The minimum Gasteiger partial charge on any atom is -0.246 e. The van der Waals surface area contributed by atoms with Crippen molar-refractivity contribution in [1.82, 2.24) is 4.90 Å². The molecular formula is C4H5F3NO2. The van der Waals surface area contributed by atoms with Crippen LogP contribution in [-0.4, -0.2) is 30.8 Å². The average molecular weight is 156 g/mol. The van der Waals surface area contributed by atoms with E-state index in [9.17, 15) is 23.1 Å². The third kappa shape index (κ3) is 1.78. The number of rotatable bonds is 2. The highest BCUT2D eigenvalue weighted by Crippen LogP contribution is 2.17. The molecule has 0 rings (SSSR count). The number of nitrogens with zero attached hydrogens (tertiary/aromatic N) is 1. The van der Waals surface area contributed by atoms with E-state index in [1.807, 2.05) is 0 Å². The fourth-order valence-corrected chi connectivity index (χ4v) is 0.223. The molecule has 0 bridgehead atoms. The van der Waals surface area contributed by atoms with Crippen molar-refractivity contribution >= 4 is 6.09 Å². The Morgan fingerprint density at radius 2 is 2.00 bits per heavy atom. The molecule has 0 aliphatic rings. The predicted molar refractivity (Wildman–Crippen MR) is 24.8 cm³/mol. The first kappa shape index (κ1) is 9.06. The van der Waals surface area contributed by atoms with Crippen LogP contribution in [0.15, 0.2) is 0 Å². The number of halogens is 3. The van der Waals surface area contributed by atoms with Crippen molar-refractivity contribution < 1.29 is 23.1 Å². The normalized spacial score (nSPS) is 11.2. The molecule has 0 fully saturated rings. The Balaban J connectivity index is 4.17. The van der Waals surface area contributed by atoms with Crippen LogP contribution in [0.4, 0.5) is 18.0 Å². The monoisotopic (exact) mass is 156 g/mol. The molecule has 0 unspecified atom stereocenters. The lowest BCUT2D eigenvalue weighted by Crippen LogP contribution is -2.43. The molecule has 0 aliphatic carbocycles. The molecule has 3 nitrogen and oxygen atoms in total. The van der Waals surface area contributed by atoms with Gasteiger partial charge in [0, 0.05) is 7.05 Å². The Labute approximate surface area is 55.0 Å². The van der Waals surface area contributed by atoms with Crippen LogP contribution in [0.2, 0.25) is 0 Å². The van der Waals surface area contributed by atoms with Crippen LogP contribution in [0.5, 0.6) is 0 Å². The van der Waals surface area contributed by atoms with Crippen LogP contribution in [0, 0.1) is 0 Å². The molecular weight excluding hydrogens is 151 g/mol. The molecule has 0 spiro atoms. The fraction of sp³-hybridized carbons (Fsp3) is 0.750. The van der Waals surface area contributed by atoms with Crippen molar-refractivity contribution in [2.45, 2.75) is 6.05 Å². The molecule has 0 saturated carbocycles. The van der Waals surface area contributed by atoms with E-state index in [-0.39, 0.29) is 0 Å². The Bertz CT molecular complexity index is 138. The van der Waals surface area contributed by atoms with E-state index in [2.05, 4.69) is 0 Å². The highest BCUT2D eigenvalue weighted by atomic mass is 19.3. The molecule has 1 radical (unpaired) electrons. The predicted octanol–water partition coefficient (Wildman–Crippen LogP) is 1.03. The number of amides is 1.